The summed E-state index contributed by atoms with van der Waals surface area (Å²) in [5, 5.41) is 7.85. The number of rotatable bonds is 5. The number of carbonyl (C=O) groups excluding carboxylic acids is 1. The average Bonchev–Trinajstić information content (AvgIpc) is 3.03. The van der Waals surface area contributed by atoms with E-state index < -0.39 is 6.04 Å². The largest absolute Gasteiger partial charge is 0.468 e. The Bertz CT molecular complexity index is 436. The highest BCUT2D eigenvalue weighted by molar-refractivity contribution is 5.77. The van der Waals surface area contributed by atoms with Gasteiger partial charge in [-0.15, -0.1) is 0 Å². The lowest BCUT2D eigenvalue weighted by molar-refractivity contribution is -0.143. The number of aryl methyl sites for hydroxylation is 2. The van der Waals surface area contributed by atoms with Gasteiger partial charge in [0, 0.05) is 24.8 Å². The van der Waals surface area contributed by atoms with Crippen LogP contribution in [0.2, 0.25) is 0 Å². The first-order valence-electron chi connectivity index (χ1n) is 7.02. The molecular formula is C14H23N3O2. The molecule has 1 unspecified atom stereocenters. The fraction of sp³-hybridized carbons (Fsp3) is 0.714. The summed E-state index contributed by atoms with van der Waals surface area (Å²) in [5.41, 5.74) is 1.91. The molecule has 0 saturated heterocycles. The van der Waals surface area contributed by atoms with Gasteiger partial charge in [-0.3, -0.25) is 10.00 Å². The smallest absolute Gasteiger partial charge is 0.327 e. The molecule has 0 radical (unpaired) electrons. The summed E-state index contributed by atoms with van der Waals surface area (Å²) in [5.74, 6) is -0.227. The number of carbonyl (C=O) groups is 1. The van der Waals surface area contributed by atoms with Gasteiger partial charge in [-0.05, 0) is 19.3 Å². The van der Waals surface area contributed by atoms with E-state index in [2.05, 4.69) is 17.3 Å². The molecule has 1 saturated carbocycles. The van der Waals surface area contributed by atoms with Crippen LogP contribution in [0.3, 0.4) is 0 Å². The number of esters is 1. The first-order valence-corrected chi connectivity index (χ1v) is 7.02. The van der Waals surface area contributed by atoms with Crippen molar-refractivity contribution in [2.75, 3.05) is 7.11 Å². The molecular weight excluding hydrogens is 242 g/mol. The Morgan fingerprint density at radius 2 is 2.26 bits per heavy atom. The van der Waals surface area contributed by atoms with E-state index in [1.807, 2.05) is 13.2 Å². The number of ether oxygens (including phenoxy) is 1. The minimum absolute atomic E-state index is 0.227. The topological polar surface area (TPSA) is 56.2 Å². The van der Waals surface area contributed by atoms with Gasteiger partial charge in [0.15, 0.2) is 0 Å². The second kappa shape index (κ2) is 6.19. The van der Waals surface area contributed by atoms with Crippen LogP contribution < -0.4 is 5.32 Å². The summed E-state index contributed by atoms with van der Waals surface area (Å²) in [6.45, 7) is 2.05. The van der Waals surface area contributed by atoms with Gasteiger partial charge in [0.05, 0.1) is 12.8 Å². The second-order valence-electron chi connectivity index (χ2n) is 5.16. The molecule has 1 N–H and O–H groups in total. The first kappa shape index (κ1) is 14.1. The number of hydrogen-bond donors (Lipinski definition) is 1. The Hall–Kier alpha value is -1.36. The van der Waals surface area contributed by atoms with Crippen molar-refractivity contribution in [1.29, 1.82) is 0 Å². The maximum atomic E-state index is 12.1. The predicted molar refractivity (Wildman–Crippen MR) is 72.7 cm³/mol. The van der Waals surface area contributed by atoms with Gasteiger partial charge in [-0.2, -0.15) is 5.10 Å². The van der Waals surface area contributed by atoms with E-state index in [0.29, 0.717) is 6.04 Å². The molecule has 0 bridgehead atoms. The lowest BCUT2D eigenvalue weighted by Crippen LogP contribution is -2.36. The summed E-state index contributed by atoms with van der Waals surface area (Å²) in [4.78, 5) is 12.1. The quantitative estimate of drug-likeness (QED) is 0.824. The molecule has 0 aliphatic heterocycles. The van der Waals surface area contributed by atoms with Gasteiger partial charge in [-0.1, -0.05) is 19.8 Å². The van der Waals surface area contributed by atoms with Gasteiger partial charge in [0.1, 0.15) is 6.04 Å². The number of methoxy groups -OCH3 is 1. The van der Waals surface area contributed by atoms with Crippen molar-refractivity contribution in [3.63, 3.8) is 0 Å². The van der Waals surface area contributed by atoms with Crippen LogP contribution >= 0.6 is 0 Å². The molecule has 1 aromatic heterocycles. The van der Waals surface area contributed by atoms with E-state index in [-0.39, 0.29) is 5.97 Å². The number of nitrogens with one attached hydrogen (secondary N) is 1. The van der Waals surface area contributed by atoms with Crippen LogP contribution in [-0.2, 0) is 23.0 Å². The number of aromatic nitrogens is 2. The van der Waals surface area contributed by atoms with Crippen LogP contribution in [0, 0.1) is 0 Å². The second-order valence-corrected chi connectivity index (χ2v) is 5.16. The Balaban J connectivity index is 2.22. The van der Waals surface area contributed by atoms with E-state index in [0.717, 1.165) is 30.5 Å². The Labute approximate surface area is 114 Å². The zero-order valence-electron chi connectivity index (χ0n) is 12.0. The fourth-order valence-electron chi connectivity index (χ4n) is 2.80. The summed E-state index contributed by atoms with van der Waals surface area (Å²) < 4.78 is 6.71. The maximum Gasteiger partial charge on any atom is 0.327 e. The number of nitrogens with zero attached hydrogens (tertiary/aromatic N) is 2. The van der Waals surface area contributed by atoms with E-state index >= 15 is 0 Å². The minimum Gasteiger partial charge on any atom is -0.468 e. The molecule has 106 valence electrons. The van der Waals surface area contributed by atoms with Gasteiger partial charge >= 0.3 is 5.97 Å². The van der Waals surface area contributed by atoms with Crippen LogP contribution in [0.4, 0.5) is 0 Å². The molecule has 19 heavy (non-hydrogen) atoms. The Morgan fingerprint density at radius 3 is 2.84 bits per heavy atom. The summed E-state index contributed by atoms with van der Waals surface area (Å²) >= 11 is 0. The van der Waals surface area contributed by atoms with Gasteiger partial charge < -0.3 is 4.74 Å². The molecule has 1 aliphatic rings. The van der Waals surface area contributed by atoms with Gasteiger partial charge in [-0.25, -0.2) is 4.79 Å². The predicted octanol–water partition coefficient (Wildman–Crippen LogP) is 1.73. The van der Waals surface area contributed by atoms with Crippen molar-refractivity contribution < 1.29 is 9.53 Å². The highest BCUT2D eigenvalue weighted by Gasteiger charge is 2.29. The highest BCUT2D eigenvalue weighted by atomic mass is 16.5. The fourth-order valence-corrected chi connectivity index (χ4v) is 2.80. The third kappa shape index (κ3) is 3.15. The Morgan fingerprint density at radius 1 is 1.58 bits per heavy atom. The number of hydrogen-bond acceptors (Lipinski definition) is 4. The van der Waals surface area contributed by atoms with Crippen molar-refractivity contribution >= 4 is 5.97 Å². The third-order valence-electron chi connectivity index (χ3n) is 3.78. The molecule has 1 heterocycles. The lowest BCUT2D eigenvalue weighted by atomic mass is 10.0. The summed E-state index contributed by atoms with van der Waals surface area (Å²) in [6, 6.07) is 0.0192. The molecule has 1 aromatic rings. The van der Waals surface area contributed by atoms with E-state index in [1.54, 1.807) is 4.68 Å². The van der Waals surface area contributed by atoms with E-state index in [1.165, 1.54) is 20.0 Å². The molecule has 1 atom stereocenters. The van der Waals surface area contributed by atoms with Crippen molar-refractivity contribution in [1.82, 2.24) is 15.1 Å². The van der Waals surface area contributed by atoms with Gasteiger partial charge in [0.25, 0.3) is 0 Å². The van der Waals surface area contributed by atoms with Crippen molar-refractivity contribution in [3.8, 4) is 0 Å². The van der Waals surface area contributed by atoms with Crippen LogP contribution in [0.15, 0.2) is 6.20 Å². The van der Waals surface area contributed by atoms with Crippen LogP contribution in [0.5, 0.6) is 0 Å². The molecule has 0 spiro atoms. The molecule has 1 fully saturated rings. The summed E-state index contributed by atoms with van der Waals surface area (Å²) in [6.07, 6.45) is 7.47. The average molecular weight is 265 g/mol. The molecule has 0 amide bonds. The Kier molecular flexibility index (Phi) is 4.58. The monoisotopic (exact) mass is 265 g/mol. The van der Waals surface area contributed by atoms with E-state index in [4.69, 9.17) is 4.74 Å². The summed E-state index contributed by atoms with van der Waals surface area (Å²) in [7, 11) is 3.32. The maximum absolute atomic E-state index is 12.1. The molecule has 2 rings (SSSR count). The van der Waals surface area contributed by atoms with E-state index in [9.17, 15) is 4.79 Å². The van der Waals surface area contributed by atoms with Crippen molar-refractivity contribution in [3.05, 3.63) is 17.5 Å². The minimum atomic E-state index is -0.392. The SMILES string of the molecule is CCc1nn(C)cc1C(NC1CCCC1)C(=O)OC. The lowest BCUT2D eigenvalue weighted by Gasteiger charge is -2.20. The molecule has 5 heteroatoms. The van der Waals surface area contributed by atoms with Crippen LogP contribution in [-0.4, -0.2) is 28.9 Å². The third-order valence-corrected chi connectivity index (χ3v) is 3.78. The molecule has 0 aromatic carbocycles. The van der Waals surface area contributed by atoms with Crippen molar-refractivity contribution in [2.45, 2.75) is 51.1 Å². The highest BCUT2D eigenvalue weighted by Crippen LogP contribution is 2.24. The normalized spacial score (nSPS) is 17.6. The molecule has 1 aliphatic carbocycles. The van der Waals surface area contributed by atoms with Crippen LogP contribution in [0.25, 0.3) is 0 Å². The molecule has 5 nitrogen and oxygen atoms in total. The van der Waals surface area contributed by atoms with Crippen LogP contribution in [0.1, 0.15) is 49.9 Å². The van der Waals surface area contributed by atoms with Crippen molar-refractivity contribution in [2.24, 2.45) is 7.05 Å². The first-order chi connectivity index (χ1) is 9.15. The standard InChI is InChI=1S/C14H23N3O2/c1-4-12-11(9-17(2)16-12)13(14(18)19-3)15-10-7-5-6-8-10/h9-10,13,15H,4-8H2,1-3H3. The zero-order valence-corrected chi connectivity index (χ0v) is 12.0. The zero-order chi connectivity index (χ0) is 13.8. The van der Waals surface area contributed by atoms with Gasteiger partial charge in [0.2, 0.25) is 0 Å².